The molecule has 1 aromatic heterocycles. The number of rotatable bonds is 3. The minimum Gasteiger partial charge on any atom is -0.338 e. The van der Waals surface area contributed by atoms with Crippen molar-refractivity contribution in [2.24, 2.45) is 0 Å². The lowest BCUT2D eigenvalue weighted by molar-refractivity contribution is -0.136. The molecule has 0 unspecified atom stereocenters. The van der Waals surface area contributed by atoms with Crippen LogP contribution in [0.25, 0.3) is 10.9 Å². The zero-order valence-corrected chi connectivity index (χ0v) is 16.6. The molecule has 2 aliphatic rings. The average Bonchev–Trinajstić information content (AvgIpc) is 3.07. The topological polar surface area (TPSA) is 92.6 Å². The van der Waals surface area contributed by atoms with E-state index >= 15 is 0 Å². The fourth-order valence-corrected chi connectivity index (χ4v) is 5.87. The van der Waals surface area contributed by atoms with Crippen LogP contribution in [-0.2, 0) is 14.6 Å². The number of carbonyl (C=O) groups excluding carboxylic acids is 1. The van der Waals surface area contributed by atoms with Crippen LogP contribution >= 0.6 is 0 Å². The molecular formula is C19H24N4O4S. The Balaban J connectivity index is 1.44. The summed E-state index contributed by atoms with van der Waals surface area (Å²) in [4.78, 5) is 33.9. The molecule has 0 saturated carbocycles. The van der Waals surface area contributed by atoms with Gasteiger partial charge in [0.1, 0.15) is 6.04 Å². The van der Waals surface area contributed by atoms with Crippen LogP contribution in [0.15, 0.2) is 35.4 Å². The molecule has 0 radical (unpaired) electrons. The van der Waals surface area contributed by atoms with E-state index in [0.29, 0.717) is 43.5 Å². The summed E-state index contributed by atoms with van der Waals surface area (Å²) in [6, 6.07) is 6.52. The molecule has 4 rings (SSSR count). The van der Waals surface area contributed by atoms with Crippen molar-refractivity contribution in [1.29, 1.82) is 0 Å². The van der Waals surface area contributed by atoms with E-state index in [-0.39, 0.29) is 29.0 Å². The van der Waals surface area contributed by atoms with Gasteiger partial charge in [-0.05, 0) is 25.5 Å². The normalized spacial score (nSPS) is 23.8. The number of carbonyl (C=O) groups is 1. The van der Waals surface area contributed by atoms with Crippen molar-refractivity contribution in [3.8, 4) is 0 Å². The Kier molecular flexibility index (Phi) is 4.96. The van der Waals surface area contributed by atoms with Gasteiger partial charge < -0.3 is 4.90 Å². The Morgan fingerprint density at radius 3 is 2.57 bits per heavy atom. The lowest BCUT2D eigenvalue weighted by atomic mass is 10.1. The summed E-state index contributed by atoms with van der Waals surface area (Å²) in [5, 5.41) is 0.497. The Labute approximate surface area is 163 Å². The van der Waals surface area contributed by atoms with E-state index < -0.39 is 15.9 Å². The number of amides is 1. The maximum atomic E-state index is 12.9. The molecule has 1 aromatic carbocycles. The molecular weight excluding hydrogens is 380 g/mol. The second kappa shape index (κ2) is 7.29. The summed E-state index contributed by atoms with van der Waals surface area (Å²) >= 11 is 0. The molecule has 2 fully saturated rings. The lowest BCUT2D eigenvalue weighted by Gasteiger charge is -2.38. The quantitative estimate of drug-likeness (QED) is 0.730. The molecule has 2 aromatic rings. The molecule has 2 saturated heterocycles. The highest BCUT2D eigenvalue weighted by Crippen LogP contribution is 2.20. The second-order valence-electron chi connectivity index (χ2n) is 7.57. The lowest BCUT2D eigenvalue weighted by Crippen LogP contribution is -2.53. The van der Waals surface area contributed by atoms with Crippen LogP contribution in [0.3, 0.4) is 0 Å². The number of aromatic nitrogens is 2. The third-order valence-electron chi connectivity index (χ3n) is 5.82. The Morgan fingerprint density at radius 1 is 1.18 bits per heavy atom. The smallest absolute Gasteiger partial charge is 0.261 e. The van der Waals surface area contributed by atoms with Gasteiger partial charge in [-0.1, -0.05) is 12.1 Å². The van der Waals surface area contributed by atoms with Gasteiger partial charge in [-0.25, -0.2) is 13.4 Å². The van der Waals surface area contributed by atoms with E-state index in [0.717, 1.165) is 0 Å². The third-order valence-corrected chi connectivity index (χ3v) is 7.57. The Morgan fingerprint density at radius 2 is 1.89 bits per heavy atom. The second-order valence-corrected chi connectivity index (χ2v) is 9.80. The van der Waals surface area contributed by atoms with Gasteiger partial charge in [-0.15, -0.1) is 0 Å². The first kappa shape index (κ1) is 19.1. The standard InChI is InChI=1S/C19H24N4O4S/c1-14(23-13-20-17-5-3-2-4-16(17)19(23)25)18(24)22-9-7-21(8-10-22)15-6-11-28(26,27)12-15/h2-5,13-15H,6-12H2,1H3/t14-,15+/m0/s1. The molecule has 2 aliphatic heterocycles. The maximum absolute atomic E-state index is 12.9. The maximum Gasteiger partial charge on any atom is 0.261 e. The Bertz CT molecular complexity index is 1060. The van der Waals surface area contributed by atoms with E-state index in [2.05, 4.69) is 9.88 Å². The molecule has 150 valence electrons. The third kappa shape index (κ3) is 3.56. The molecule has 0 bridgehead atoms. The molecule has 1 amide bonds. The van der Waals surface area contributed by atoms with Crippen molar-refractivity contribution in [1.82, 2.24) is 19.4 Å². The van der Waals surface area contributed by atoms with Crippen molar-refractivity contribution in [3.63, 3.8) is 0 Å². The van der Waals surface area contributed by atoms with Gasteiger partial charge in [0.2, 0.25) is 5.91 Å². The molecule has 9 heteroatoms. The van der Waals surface area contributed by atoms with E-state index in [9.17, 15) is 18.0 Å². The van der Waals surface area contributed by atoms with Crippen LogP contribution in [0.1, 0.15) is 19.4 Å². The molecule has 28 heavy (non-hydrogen) atoms. The zero-order valence-electron chi connectivity index (χ0n) is 15.8. The number of benzene rings is 1. The van der Waals surface area contributed by atoms with Gasteiger partial charge in [-0.3, -0.25) is 19.1 Å². The summed E-state index contributed by atoms with van der Waals surface area (Å²) in [5.41, 5.74) is 0.393. The first-order valence-corrected chi connectivity index (χ1v) is 11.4. The van der Waals surface area contributed by atoms with Crippen LogP contribution < -0.4 is 5.56 Å². The monoisotopic (exact) mass is 404 g/mol. The van der Waals surface area contributed by atoms with Crippen LogP contribution in [0, 0.1) is 0 Å². The molecule has 0 spiro atoms. The van der Waals surface area contributed by atoms with Gasteiger partial charge in [0.05, 0.1) is 28.7 Å². The van der Waals surface area contributed by atoms with E-state index in [1.165, 1.54) is 10.9 Å². The van der Waals surface area contributed by atoms with Crippen molar-refractivity contribution in [3.05, 3.63) is 40.9 Å². The van der Waals surface area contributed by atoms with Gasteiger partial charge in [0, 0.05) is 32.2 Å². The fourth-order valence-electron chi connectivity index (χ4n) is 4.11. The number of fused-ring (bicyclic) bond motifs is 1. The molecule has 0 N–H and O–H groups in total. The minimum absolute atomic E-state index is 0.0620. The largest absolute Gasteiger partial charge is 0.338 e. The first-order chi connectivity index (χ1) is 13.4. The van der Waals surface area contributed by atoms with Crippen molar-refractivity contribution >= 4 is 26.6 Å². The summed E-state index contributed by atoms with van der Waals surface area (Å²) < 4.78 is 24.8. The van der Waals surface area contributed by atoms with E-state index in [4.69, 9.17) is 0 Å². The van der Waals surface area contributed by atoms with Gasteiger partial charge in [-0.2, -0.15) is 0 Å². The molecule has 8 nitrogen and oxygen atoms in total. The average molecular weight is 404 g/mol. The van der Waals surface area contributed by atoms with Gasteiger partial charge in [0.25, 0.3) is 5.56 Å². The van der Waals surface area contributed by atoms with Crippen LogP contribution in [0.4, 0.5) is 0 Å². The highest BCUT2D eigenvalue weighted by atomic mass is 32.2. The van der Waals surface area contributed by atoms with Crippen LogP contribution in [-0.4, -0.2) is 77.4 Å². The van der Waals surface area contributed by atoms with Crippen LogP contribution in [0.2, 0.25) is 0 Å². The Hall–Kier alpha value is -2.26. The zero-order chi connectivity index (χ0) is 19.9. The fraction of sp³-hybridized carbons (Fsp3) is 0.526. The number of para-hydroxylation sites is 1. The number of sulfone groups is 1. The predicted octanol–water partition coefficient (Wildman–Crippen LogP) is 0.289. The summed E-state index contributed by atoms with van der Waals surface area (Å²) in [5.74, 6) is 0.360. The summed E-state index contributed by atoms with van der Waals surface area (Å²) in [6.07, 6.45) is 2.11. The minimum atomic E-state index is -2.91. The highest BCUT2D eigenvalue weighted by Gasteiger charge is 2.35. The highest BCUT2D eigenvalue weighted by molar-refractivity contribution is 7.91. The number of hydrogen-bond donors (Lipinski definition) is 0. The molecule has 3 heterocycles. The van der Waals surface area contributed by atoms with Crippen LogP contribution in [0.5, 0.6) is 0 Å². The number of nitrogens with zero attached hydrogens (tertiary/aromatic N) is 4. The van der Waals surface area contributed by atoms with Crippen molar-refractivity contribution in [2.75, 3.05) is 37.7 Å². The van der Waals surface area contributed by atoms with Gasteiger partial charge in [0.15, 0.2) is 9.84 Å². The van der Waals surface area contributed by atoms with E-state index in [1.807, 2.05) is 6.07 Å². The molecule has 0 aliphatic carbocycles. The SMILES string of the molecule is C[C@@H](C(=O)N1CCN([C@@H]2CCS(=O)(=O)C2)CC1)n1cnc2ccccc2c1=O. The number of hydrogen-bond acceptors (Lipinski definition) is 6. The summed E-state index contributed by atoms with van der Waals surface area (Å²) in [6.45, 7) is 4.11. The number of piperazine rings is 1. The predicted molar refractivity (Wildman–Crippen MR) is 106 cm³/mol. The van der Waals surface area contributed by atoms with Crippen molar-refractivity contribution in [2.45, 2.75) is 25.4 Å². The molecule has 2 atom stereocenters. The van der Waals surface area contributed by atoms with Crippen molar-refractivity contribution < 1.29 is 13.2 Å². The summed E-state index contributed by atoms with van der Waals surface area (Å²) in [7, 11) is -2.91. The first-order valence-electron chi connectivity index (χ1n) is 9.55. The van der Waals surface area contributed by atoms with E-state index in [1.54, 1.807) is 30.0 Å². The van der Waals surface area contributed by atoms with Gasteiger partial charge >= 0.3 is 0 Å².